The number of anilines is 1. The molecule has 0 saturated carbocycles. The van der Waals surface area contributed by atoms with Gasteiger partial charge in [-0.05, 0) is 30.3 Å². The summed E-state index contributed by atoms with van der Waals surface area (Å²) in [5.74, 6) is -0.521. The zero-order valence-corrected chi connectivity index (χ0v) is 15.8. The molecule has 0 fully saturated rings. The maximum Gasteiger partial charge on any atom is 0.273 e. The van der Waals surface area contributed by atoms with Crippen molar-refractivity contribution >= 4 is 33.6 Å². The Balaban J connectivity index is 1.67. The molecule has 0 saturated heterocycles. The van der Waals surface area contributed by atoms with E-state index < -0.39 is 10.8 Å². The quantitative estimate of drug-likeness (QED) is 0.388. The Morgan fingerprint density at radius 3 is 2.72 bits per heavy atom. The van der Waals surface area contributed by atoms with Crippen LogP contribution in [0.1, 0.15) is 10.5 Å². The SMILES string of the molecule is COc1ccc([N+](=O)[O-])cc1NC(=O)c1csc2nc(-c3ccc(F)cc3)cn12. The molecule has 1 N–H and O–H groups in total. The van der Waals surface area contributed by atoms with Gasteiger partial charge in [-0.25, -0.2) is 9.37 Å². The smallest absolute Gasteiger partial charge is 0.273 e. The van der Waals surface area contributed by atoms with Crippen LogP contribution in [0.25, 0.3) is 16.2 Å². The molecular weight excluding hydrogens is 399 g/mol. The van der Waals surface area contributed by atoms with Gasteiger partial charge in [0.15, 0.2) is 4.96 Å². The summed E-state index contributed by atoms with van der Waals surface area (Å²) in [4.78, 5) is 28.3. The van der Waals surface area contributed by atoms with Crippen molar-refractivity contribution in [1.82, 2.24) is 9.38 Å². The number of nitro groups is 1. The Bertz CT molecular complexity index is 1230. The summed E-state index contributed by atoms with van der Waals surface area (Å²) < 4.78 is 19.9. The summed E-state index contributed by atoms with van der Waals surface area (Å²) in [6.07, 6.45) is 1.68. The summed E-state index contributed by atoms with van der Waals surface area (Å²) in [5.41, 5.74) is 1.63. The molecule has 2 aromatic carbocycles. The first kappa shape index (κ1) is 18.6. The summed E-state index contributed by atoms with van der Waals surface area (Å²) >= 11 is 1.27. The number of amides is 1. The second-order valence-corrected chi connectivity index (χ2v) is 6.84. The first-order valence-electron chi connectivity index (χ1n) is 8.32. The fourth-order valence-electron chi connectivity index (χ4n) is 2.80. The van der Waals surface area contributed by atoms with Crippen LogP contribution in [0.4, 0.5) is 15.8 Å². The molecule has 1 amide bonds. The average Bonchev–Trinajstić information content (AvgIpc) is 3.29. The highest BCUT2D eigenvalue weighted by Gasteiger charge is 2.19. The first-order valence-corrected chi connectivity index (χ1v) is 9.20. The lowest BCUT2D eigenvalue weighted by molar-refractivity contribution is -0.384. The fraction of sp³-hybridized carbons (Fsp3) is 0.0526. The van der Waals surface area contributed by atoms with Gasteiger partial charge >= 0.3 is 0 Å². The largest absolute Gasteiger partial charge is 0.495 e. The molecule has 8 nitrogen and oxygen atoms in total. The summed E-state index contributed by atoms with van der Waals surface area (Å²) in [5, 5.41) is 15.3. The van der Waals surface area contributed by atoms with Crippen LogP contribution in [0.3, 0.4) is 0 Å². The van der Waals surface area contributed by atoms with E-state index in [4.69, 9.17) is 4.74 Å². The number of carbonyl (C=O) groups is 1. The monoisotopic (exact) mass is 412 g/mol. The van der Waals surface area contributed by atoms with Gasteiger partial charge in [0.2, 0.25) is 0 Å². The van der Waals surface area contributed by atoms with Gasteiger partial charge in [-0.3, -0.25) is 19.3 Å². The molecule has 29 heavy (non-hydrogen) atoms. The normalized spacial score (nSPS) is 10.8. The van der Waals surface area contributed by atoms with Gasteiger partial charge in [0.1, 0.15) is 17.3 Å². The predicted molar refractivity (Wildman–Crippen MR) is 106 cm³/mol. The molecule has 0 aliphatic rings. The van der Waals surface area contributed by atoms with Crippen molar-refractivity contribution in [2.24, 2.45) is 0 Å². The number of methoxy groups -OCH3 is 1. The molecule has 0 spiro atoms. The van der Waals surface area contributed by atoms with Gasteiger partial charge in [0.25, 0.3) is 11.6 Å². The number of aromatic nitrogens is 2. The minimum atomic E-state index is -0.553. The molecule has 0 aliphatic heterocycles. The first-order chi connectivity index (χ1) is 14.0. The number of hydrogen-bond donors (Lipinski definition) is 1. The number of carbonyl (C=O) groups excluding carboxylic acids is 1. The van der Waals surface area contributed by atoms with Crippen molar-refractivity contribution in [1.29, 1.82) is 0 Å². The van der Waals surface area contributed by atoms with Crippen LogP contribution in [0.5, 0.6) is 5.75 Å². The van der Waals surface area contributed by atoms with E-state index in [1.807, 2.05) is 0 Å². The van der Waals surface area contributed by atoms with Crippen LogP contribution in [-0.4, -0.2) is 27.3 Å². The number of halogens is 1. The summed E-state index contributed by atoms with van der Waals surface area (Å²) in [7, 11) is 1.41. The standard InChI is InChI=1S/C19H13FN4O4S/c1-28-17-7-6-13(24(26)27)8-14(17)21-18(25)16-10-29-19-22-15(9-23(16)19)11-2-4-12(20)5-3-11/h2-10H,1H3,(H,21,25). The average molecular weight is 412 g/mol. The number of nitrogens with zero attached hydrogens (tertiary/aromatic N) is 3. The Labute approximate surface area is 167 Å². The van der Waals surface area contributed by atoms with Crippen LogP contribution < -0.4 is 10.1 Å². The number of fused-ring (bicyclic) bond motifs is 1. The highest BCUT2D eigenvalue weighted by Crippen LogP contribution is 2.30. The molecule has 0 radical (unpaired) electrons. The Kier molecular flexibility index (Phi) is 4.69. The number of non-ortho nitro benzene ring substituents is 1. The molecule has 146 valence electrons. The van der Waals surface area contributed by atoms with E-state index in [0.29, 0.717) is 27.7 Å². The zero-order chi connectivity index (χ0) is 20.5. The van der Waals surface area contributed by atoms with Gasteiger partial charge in [0.05, 0.1) is 23.4 Å². The Morgan fingerprint density at radius 2 is 2.03 bits per heavy atom. The van der Waals surface area contributed by atoms with Crippen LogP contribution in [0.2, 0.25) is 0 Å². The molecule has 10 heteroatoms. The lowest BCUT2D eigenvalue weighted by Crippen LogP contribution is -2.14. The molecule has 2 heterocycles. The van der Waals surface area contributed by atoms with Crippen molar-refractivity contribution in [3.05, 3.63) is 75.7 Å². The highest BCUT2D eigenvalue weighted by atomic mass is 32.1. The van der Waals surface area contributed by atoms with E-state index in [9.17, 15) is 19.3 Å². The van der Waals surface area contributed by atoms with Crippen molar-refractivity contribution in [2.75, 3.05) is 12.4 Å². The van der Waals surface area contributed by atoms with E-state index in [1.54, 1.807) is 28.1 Å². The van der Waals surface area contributed by atoms with Gasteiger partial charge in [-0.1, -0.05) is 0 Å². The van der Waals surface area contributed by atoms with Crippen LogP contribution in [0.15, 0.2) is 54.0 Å². The molecule has 0 bridgehead atoms. The van der Waals surface area contributed by atoms with Crippen molar-refractivity contribution in [2.45, 2.75) is 0 Å². The number of rotatable bonds is 5. The van der Waals surface area contributed by atoms with Gasteiger partial charge in [-0.15, -0.1) is 11.3 Å². The number of benzene rings is 2. The number of nitro benzene ring substituents is 1. The Morgan fingerprint density at radius 1 is 1.28 bits per heavy atom. The molecule has 4 aromatic rings. The van der Waals surface area contributed by atoms with E-state index in [1.165, 1.54) is 48.8 Å². The lowest BCUT2D eigenvalue weighted by atomic mass is 10.2. The maximum atomic E-state index is 13.1. The third kappa shape index (κ3) is 3.52. The number of thiazole rings is 1. The number of hydrogen-bond acceptors (Lipinski definition) is 6. The van der Waals surface area contributed by atoms with Gasteiger partial charge < -0.3 is 10.1 Å². The number of imidazole rings is 1. The fourth-order valence-corrected chi connectivity index (χ4v) is 3.65. The van der Waals surface area contributed by atoms with Gasteiger partial charge in [-0.2, -0.15) is 0 Å². The molecule has 2 aromatic heterocycles. The summed E-state index contributed by atoms with van der Waals surface area (Å²) in [6.45, 7) is 0. The predicted octanol–water partition coefficient (Wildman–Crippen LogP) is 4.37. The minimum absolute atomic E-state index is 0.169. The highest BCUT2D eigenvalue weighted by molar-refractivity contribution is 7.15. The topological polar surface area (TPSA) is 98.8 Å². The number of ether oxygens (including phenoxy) is 1. The summed E-state index contributed by atoms with van der Waals surface area (Å²) in [6, 6.07) is 9.84. The van der Waals surface area contributed by atoms with E-state index in [-0.39, 0.29) is 17.2 Å². The number of nitrogens with one attached hydrogen (secondary N) is 1. The van der Waals surface area contributed by atoms with E-state index >= 15 is 0 Å². The lowest BCUT2D eigenvalue weighted by Gasteiger charge is -2.09. The molecule has 0 atom stereocenters. The van der Waals surface area contributed by atoms with Gasteiger partial charge in [0, 0.05) is 29.3 Å². The van der Waals surface area contributed by atoms with E-state index in [2.05, 4.69) is 10.3 Å². The van der Waals surface area contributed by atoms with Crippen LogP contribution in [0, 0.1) is 15.9 Å². The molecule has 4 rings (SSSR count). The van der Waals surface area contributed by atoms with Crippen molar-refractivity contribution in [3.63, 3.8) is 0 Å². The van der Waals surface area contributed by atoms with E-state index in [0.717, 1.165) is 0 Å². The van der Waals surface area contributed by atoms with Crippen LogP contribution in [-0.2, 0) is 0 Å². The minimum Gasteiger partial charge on any atom is -0.495 e. The molecule has 0 unspecified atom stereocenters. The second-order valence-electron chi connectivity index (χ2n) is 6.00. The second kappa shape index (κ2) is 7.32. The van der Waals surface area contributed by atoms with Crippen molar-refractivity contribution < 1.29 is 18.8 Å². The maximum absolute atomic E-state index is 13.1. The zero-order valence-electron chi connectivity index (χ0n) is 15.0. The molecule has 0 aliphatic carbocycles. The third-order valence-corrected chi connectivity index (χ3v) is 5.06. The Hall–Kier alpha value is -3.79. The molecular formula is C19H13FN4O4S. The van der Waals surface area contributed by atoms with Crippen molar-refractivity contribution in [3.8, 4) is 17.0 Å². The van der Waals surface area contributed by atoms with Crippen LogP contribution >= 0.6 is 11.3 Å². The third-order valence-electron chi connectivity index (χ3n) is 4.22.